The van der Waals surface area contributed by atoms with Crippen molar-refractivity contribution in [1.82, 2.24) is 15.2 Å². The van der Waals surface area contributed by atoms with Crippen LogP contribution in [-0.4, -0.2) is 46.6 Å². The first-order valence-electron chi connectivity index (χ1n) is 7.50. The fourth-order valence-corrected chi connectivity index (χ4v) is 2.25. The lowest BCUT2D eigenvalue weighted by atomic mass is 10.2. The third kappa shape index (κ3) is 4.82. The van der Waals surface area contributed by atoms with Crippen molar-refractivity contribution in [2.75, 3.05) is 18.5 Å². The zero-order valence-electron chi connectivity index (χ0n) is 13.6. The zero-order valence-corrected chi connectivity index (χ0v) is 13.6. The molecule has 0 aliphatic carbocycles. The van der Waals surface area contributed by atoms with Crippen LogP contribution in [0.3, 0.4) is 0 Å². The van der Waals surface area contributed by atoms with Crippen LogP contribution in [0.1, 0.15) is 37.6 Å². The van der Waals surface area contributed by atoms with E-state index in [1.165, 1.54) is 6.20 Å². The first-order chi connectivity index (χ1) is 10.8. The zero-order chi connectivity index (χ0) is 17.0. The van der Waals surface area contributed by atoms with Gasteiger partial charge in [-0.2, -0.15) is 0 Å². The molecule has 0 unspecified atom stereocenters. The smallest absolute Gasteiger partial charge is 0.410 e. The largest absolute Gasteiger partial charge is 0.444 e. The Morgan fingerprint density at radius 1 is 1.39 bits per heavy atom. The molecule has 1 aliphatic heterocycles. The number of carbonyl (C=O) groups excluding carboxylic acids is 2. The van der Waals surface area contributed by atoms with Gasteiger partial charge < -0.3 is 20.4 Å². The van der Waals surface area contributed by atoms with Crippen LogP contribution in [0.25, 0.3) is 0 Å². The molecule has 23 heavy (non-hydrogen) atoms. The van der Waals surface area contributed by atoms with Gasteiger partial charge in [0.15, 0.2) is 0 Å². The van der Waals surface area contributed by atoms with Crippen LogP contribution < -0.4 is 16.6 Å². The number of aromatic nitrogens is 1. The Kier molecular flexibility index (Phi) is 5.05. The second kappa shape index (κ2) is 6.82. The van der Waals surface area contributed by atoms with Crippen LogP contribution in [-0.2, 0) is 4.74 Å². The van der Waals surface area contributed by atoms with Crippen LogP contribution in [0, 0.1) is 0 Å². The molecule has 8 nitrogen and oxygen atoms in total. The Morgan fingerprint density at radius 2 is 2.13 bits per heavy atom. The minimum Gasteiger partial charge on any atom is -0.444 e. The minimum absolute atomic E-state index is 0.0951. The molecule has 2 amide bonds. The Morgan fingerprint density at radius 3 is 2.70 bits per heavy atom. The van der Waals surface area contributed by atoms with Crippen LogP contribution in [0.15, 0.2) is 18.3 Å². The number of hydrazine groups is 1. The summed E-state index contributed by atoms with van der Waals surface area (Å²) in [5.41, 5.74) is 2.32. The molecular weight excluding hydrogens is 298 g/mol. The Balaban J connectivity index is 1.87. The van der Waals surface area contributed by atoms with E-state index in [4.69, 9.17) is 10.6 Å². The SMILES string of the molecule is CC(C)(C)OC(=O)N1CC[C@@H](NC(=O)c2ccc(NN)nc2)C1. The maximum atomic E-state index is 12.2. The highest BCUT2D eigenvalue weighted by molar-refractivity contribution is 5.94. The monoisotopic (exact) mass is 321 g/mol. The average molecular weight is 321 g/mol. The molecule has 1 fully saturated rings. The number of carbonyl (C=O) groups is 2. The number of rotatable bonds is 3. The van der Waals surface area contributed by atoms with Crippen molar-refractivity contribution in [3.8, 4) is 0 Å². The normalized spacial score (nSPS) is 17.7. The number of nitrogens with two attached hydrogens (primary N) is 1. The van der Waals surface area contributed by atoms with Gasteiger partial charge in [-0.1, -0.05) is 0 Å². The highest BCUT2D eigenvalue weighted by Crippen LogP contribution is 2.15. The van der Waals surface area contributed by atoms with Crippen LogP contribution in [0.2, 0.25) is 0 Å². The standard InChI is InChI=1S/C15H23N5O3/c1-15(2,3)23-14(22)20-7-6-11(9-20)18-13(21)10-4-5-12(19-16)17-8-10/h4-5,8,11H,6-7,9,16H2,1-3H3,(H,17,19)(H,18,21)/t11-/m1/s1. The van der Waals surface area contributed by atoms with E-state index in [0.29, 0.717) is 30.9 Å². The van der Waals surface area contributed by atoms with Gasteiger partial charge in [0.2, 0.25) is 0 Å². The third-order valence-corrected chi connectivity index (χ3v) is 3.35. The van der Waals surface area contributed by atoms with E-state index in [2.05, 4.69) is 15.7 Å². The molecule has 2 rings (SSSR count). The lowest BCUT2D eigenvalue weighted by Gasteiger charge is -2.24. The van der Waals surface area contributed by atoms with Gasteiger partial charge in [0.25, 0.3) is 5.91 Å². The predicted molar refractivity (Wildman–Crippen MR) is 85.7 cm³/mol. The Bertz CT molecular complexity index is 567. The van der Waals surface area contributed by atoms with Gasteiger partial charge in [0.05, 0.1) is 5.56 Å². The highest BCUT2D eigenvalue weighted by atomic mass is 16.6. The molecular formula is C15H23N5O3. The summed E-state index contributed by atoms with van der Waals surface area (Å²) in [4.78, 5) is 29.8. The first kappa shape index (κ1) is 17.0. The minimum atomic E-state index is -0.525. The van der Waals surface area contributed by atoms with Crippen molar-refractivity contribution in [3.63, 3.8) is 0 Å². The molecule has 0 spiro atoms. The maximum absolute atomic E-state index is 12.2. The summed E-state index contributed by atoms with van der Waals surface area (Å²) in [6, 6.07) is 3.16. The molecule has 0 saturated carbocycles. The lowest BCUT2D eigenvalue weighted by molar-refractivity contribution is 0.0290. The molecule has 0 aromatic carbocycles. The molecule has 2 heterocycles. The molecule has 1 aromatic heterocycles. The van der Waals surface area contributed by atoms with Gasteiger partial charge in [-0.15, -0.1) is 0 Å². The topological polar surface area (TPSA) is 110 Å². The van der Waals surface area contributed by atoms with Crippen molar-refractivity contribution >= 4 is 17.8 Å². The molecule has 1 aliphatic rings. The third-order valence-electron chi connectivity index (χ3n) is 3.35. The van der Waals surface area contributed by atoms with Crippen LogP contribution in [0.4, 0.5) is 10.6 Å². The summed E-state index contributed by atoms with van der Waals surface area (Å²) in [6.45, 7) is 6.48. The molecule has 4 N–H and O–H groups in total. The molecule has 1 atom stereocenters. The summed E-state index contributed by atoms with van der Waals surface area (Å²) in [5, 5.41) is 2.90. The fraction of sp³-hybridized carbons (Fsp3) is 0.533. The first-order valence-corrected chi connectivity index (χ1v) is 7.50. The highest BCUT2D eigenvalue weighted by Gasteiger charge is 2.30. The van der Waals surface area contributed by atoms with Gasteiger partial charge in [-0.3, -0.25) is 4.79 Å². The van der Waals surface area contributed by atoms with Gasteiger partial charge in [-0.25, -0.2) is 15.6 Å². The van der Waals surface area contributed by atoms with E-state index in [0.717, 1.165) is 0 Å². The van der Waals surface area contributed by atoms with Gasteiger partial charge in [0.1, 0.15) is 11.4 Å². The number of ether oxygens (including phenoxy) is 1. The summed E-state index contributed by atoms with van der Waals surface area (Å²) in [6.07, 6.45) is 1.79. The molecule has 1 aromatic rings. The number of pyridine rings is 1. The van der Waals surface area contributed by atoms with E-state index < -0.39 is 5.60 Å². The van der Waals surface area contributed by atoms with Crippen molar-refractivity contribution in [1.29, 1.82) is 0 Å². The second-order valence-electron chi connectivity index (χ2n) is 6.46. The van der Waals surface area contributed by atoms with Gasteiger partial charge in [0, 0.05) is 25.3 Å². The van der Waals surface area contributed by atoms with E-state index >= 15 is 0 Å². The summed E-state index contributed by atoms with van der Waals surface area (Å²) >= 11 is 0. The number of likely N-dealkylation sites (tertiary alicyclic amines) is 1. The lowest BCUT2D eigenvalue weighted by Crippen LogP contribution is -2.40. The second-order valence-corrected chi connectivity index (χ2v) is 6.46. The summed E-state index contributed by atoms with van der Waals surface area (Å²) in [7, 11) is 0. The van der Waals surface area contributed by atoms with Crippen LogP contribution in [0.5, 0.6) is 0 Å². The Hall–Kier alpha value is -2.35. The number of amides is 2. The quantitative estimate of drug-likeness (QED) is 0.568. The number of nitrogens with one attached hydrogen (secondary N) is 2. The number of nitrogens with zero attached hydrogens (tertiary/aromatic N) is 2. The molecule has 1 saturated heterocycles. The number of anilines is 1. The number of hydrogen-bond donors (Lipinski definition) is 3. The van der Waals surface area contributed by atoms with Gasteiger partial charge >= 0.3 is 6.09 Å². The van der Waals surface area contributed by atoms with Gasteiger partial charge in [-0.05, 0) is 39.3 Å². The predicted octanol–water partition coefficient (Wildman–Crippen LogP) is 1.11. The van der Waals surface area contributed by atoms with E-state index in [-0.39, 0.29) is 18.0 Å². The molecule has 0 radical (unpaired) electrons. The summed E-state index contributed by atoms with van der Waals surface area (Å²) in [5.74, 6) is 5.49. The molecule has 0 bridgehead atoms. The van der Waals surface area contributed by atoms with E-state index in [1.54, 1.807) is 17.0 Å². The van der Waals surface area contributed by atoms with Crippen molar-refractivity contribution in [2.24, 2.45) is 5.84 Å². The van der Waals surface area contributed by atoms with Crippen molar-refractivity contribution < 1.29 is 14.3 Å². The number of hydrogen-bond acceptors (Lipinski definition) is 6. The van der Waals surface area contributed by atoms with E-state index in [9.17, 15) is 9.59 Å². The maximum Gasteiger partial charge on any atom is 0.410 e. The Labute approximate surface area is 135 Å². The number of nitrogen functional groups attached to an aromatic ring is 1. The molecule has 126 valence electrons. The average Bonchev–Trinajstić information content (AvgIpc) is 2.94. The molecule has 8 heteroatoms. The fourth-order valence-electron chi connectivity index (χ4n) is 2.25. The van der Waals surface area contributed by atoms with Crippen LogP contribution >= 0.6 is 0 Å². The van der Waals surface area contributed by atoms with Crippen molar-refractivity contribution in [2.45, 2.75) is 38.8 Å². The van der Waals surface area contributed by atoms with Crippen molar-refractivity contribution in [3.05, 3.63) is 23.9 Å². The van der Waals surface area contributed by atoms with E-state index in [1.807, 2.05) is 20.8 Å². The summed E-state index contributed by atoms with van der Waals surface area (Å²) < 4.78 is 5.33.